The third kappa shape index (κ3) is 1.81. The van der Waals surface area contributed by atoms with Gasteiger partial charge < -0.3 is 13.6 Å². The predicted molar refractivity (Wildman–Crippen MR) is 71.5 cm³/mol. The van der Waals surface area contributed by atoms with Crippen LogP contribution in [0.2, 0.25) is 0 Å². The maximum Gasteiger partial charge on any atom is 0.235 e. The van der Waals surface area contributed by atoms with Gasteiger partial charge in [0.2, 0.25) is 16.9 Å². The number of benzene rings is 1. The molecule has 3 rings (SSSR count). The van der Waals surface area contributed by atoms with Crippen LogP contribution in [-0.2, 0) is 0 Å². The molecule has 0 radical (unpaired) electrons. The van der Waals surface area contributed by atoms with Crippen molar-refractivity contribution in [3.05, 3.63) is 52.4 Å². The third-order valence-electron chi connectivity index (χ3n) is 2.95. The molecule has 4 nitrogen and oxygen atoms in total. The summed E-state index contributed by atoms with van der Waals surface area (Å²) in [6, 6.07) is 8.91. The predicted octanol–water partition coefficient (Wildman–Crippen LogP) is 3.37. The third-order valence-corrected chi connectivity index (χ3v) is 2.95. The van der Waals surface area contributed by atoms with Gasteiger partial charge in [-0.2, -0.15) is 0 Å². The number of methoxy groups -OCH3 is 1. The van der Waals surface area contributed by atoms with Crippen molar-refractivity contribution in [1.82, 2.24) is 0 Å². The number of rotatable bonds is 2. The first kappa shape index (κ1) is 11.6. The van der Waals surface area contributed by atoms with Crippen LogP contribution >= 0.6 is 0 Å². The van der Waals surface area contributed by atoms with Gasteiger partial charge in [-0.25, -0.2) is 0 Å². The second kappa shape index (κ2) is 4.31. The minimum absolute atomic E-state index is 0.160. The number of aryl methyl sites for hydroxylation is 1. The van der Waals surface area contributed by atoms with Crippen LogP contribution in [0.1, 0.15) is 5.56 Å². The fourth-order valence-corrected chi connectivity index (χ4v) is 2.05. The zero-order valence-electron chi connectivity index (χ0n) is 10.6. The lowest BCUT2D eigenvalue weighted by molar-refractivity contribution is 0.394. The summed E-state index contributed by atoms with van der Waals surface area (Å²) in [7, 11) is 1.44. The molecule has 0 N–H and O–H groups in total. The van der Waals surface area contributed by atoms with Crippen LogP contribution in [-0.4, -0.2) is 7.11 Å². The molecule has 0 aliphatic carbocycles. The molecule has 3 aromatic rings. The summed E-state index contributed by atoms with van der Waals surface area (Å²) in [5, 5.41) is 0.507. The molecular weight excluding hydrogens is 244 g/mol. The second-order valence-corrected chi connectivity index (χ2v) is 4.27. The van der Waals surface area contributed by atoms with Crippen LogP contribution in [0.15, 0.2) is 50.2 Å². The van der Waals surface area contributed by atoms with Crippen LogP contribution in [0.3, 0.4) is 0 Å². The van der Waals surface area contributed by atoms with Gasteiger partial charge in [0, 0.05) is 0 Å². The molecule has 0 aliphatic heterocycles. The molecule has 4 heteroatoms. The molecule has 0 spiro atoms. The van der Waals surface area contributed by atoms with Gasteiger partial charge in [-0.1, -0.05) is 11.6 Å². The maximum absolute atomic E-state index is 12.4. The van der Waals surface area contributed by atoms with Crippen molar-refractivity contribution in [1.29, 1.82) is 0 Å². The first-order valence-corrected chi connectivity index (χ1v) is 5.86. The van der Waals surface area contributed by atoms with E-state index in [-0.39, 0.29) is 11.2 Å². The van der Waals surface area contributed by atoms with Crippen LogP contribution in [0.5, 0.6) is 5.75 Å². The van der Waals surface area contributed by atoms with Gasteiger partial charge in [0.1, 0.15) is 5.58 Å². The van der Waals surface area contributed by atoms with Gasteiger partial charge in [0.15, 0.2) is 5.76 Å². The maximum atomic E-state index is 12.4. The smallest absolute Gasteiger partial charge is 0.235 e. The lowest BCUT2D eigenvalue weighted by Gasteiger charge is -2.07. The highest BCUT2D eigenvalue weighted by Gasteiger charge is 2.18. The van der Waals surface area contributed by atoms with E-state index in [1.165, 1.54) is 13.4 Å². The molecule has 0 unspecified atom stereocenters. The highest BCUT2D eigenvalue weighted by molar-refractivity contribution is 5.81. The van der Waals surface area contributed by atoms with E-state index in [2.05, 4.69) is 0 Å². The fourth-order valence-electron chi connectivity index (χ4n) is 2.05. The number of hydrogen-bond donors (Lipinski definition) is 0. The number of hydrogen-bond acceptors (Lipinski definition) is 4. The van der Waals surface area contributed by atoms with Crippen LogP contribution in [0, 0.1) is 6.92 Å². The highest BCUT2D eigenvalue weighted by Crippen LogP contribution is 2.30. The SMILES string of the molecule is COc1c(-c2ccco2)oc2ccc(C)cc2c1=O. The van der Waals surface area contributed by atoms with E-state index in [0.717, 1.165) is 5.56 Å². The van der Waals surface area contributed by atoms with E-state index in [0.29, 0.717) is 22.5 Å². The van der Waals surface area contributed by atoms with E-state index in [1.54, 1.807) is 24.3 Å². The number of ether oxygens (including phenoxy) is 1. The van der Waals surface area contributed by atoms with Crippen molar-refractivity contribution in [3.63, 3.8) is 0 Å². The fraction of sp³-hybridized carbons (Fsp3) is 0.133. The van der Waals surface area contributed by atoms with E-state index < -0.39 is 0 Å². The quantitative estimate of drug-likeness (QED) is 0.705. The Morgan fingerprint density at radius 2 is 2.05 bits per heavy atom. The number of fused-ring (bicyclic) bond motifs is 1. The zero-order chi connectivity index (χ0) is 13.4. The highest BCUT2D eigenvalue weighted by atomic mass is 16.5. The molecular formula is C15H12O4. The van der Waals surface area contributed by atoms with Crippen molar-refractivity contribution in [3.8, 4) is 17.3 Å². The standard InChI is InChI=1S/C15H12O4/c1-9-5-6-11-10(8-9)13(16)15(17-2)14(19-11)12-4-3-7-18-12/h3-8H,1-2H3. The average molecular weight is 256 g/mol. The van der Waals surface area contributed by atoms with Gasteiger partial charge in [0.05, 0.1) is 18.8 Å². The van der Waals surface area contributed by atoms with Crippen molar-refractivity contribution < 1.29 is 13.6 Å². The van der Waals surface area contributed by atoms with Crippen LogP contribution in [0.4, 0.5) is 0 Å². The van der Waals surface area contributed by atoms with Crippen LogP contribution < -0.4 is 10.2 Å². The molecule has 0 saturated heterocycles. The van der Waals surface area contributed by atoms with E-state index in [4.69, 9.17) is 13.6 Å². The lowest BCUT2D eigenvalue weighted by atomic mass is 10.1. The first-order chi connectivity index (χ1) is 9.20. The van der Waals surface area contributed by atoms with Crippen molar-refractivity contribution in [2.24, 2.45) is 0 Å². The molecule has 19 heavy (non-hydrogen) atoms. The summed E-state index contributed by atoms with van der Waals surface area (Å²) >= 11 is 0. The van der Waals surface area contributed by atoms with Crippen molar-refractivity contribution in [2.45, 2.75) is 6.92 Å². The minimum atomic E-state index is -0.196. The summed E-state index contributed by atoms with van der Waals surface area (Å²) in [6.45, 7) is 1.92. The van der Waals surface area contributed by atoms with Gasteiger partial charge in [0.25, 0.3) is 0 Å². The molecule has 0 aliphatic rings. The molecule has 0 fully saturated rings. The van der Waals surface area contributed by atoms with E-state index in [1.807, 2.05) is 13.0 Å². The molecule has 1 aromatic carbocycles. The Hall–Kier alpha value is -2.49. The topological polar surface area (TPSA) is 52.6 Å². The number of furan rings is 1. The van der Waals surface area contributed by atoms with Gasteiger partial charge in [-0.3, -0.25) is 4.79 Å². The monoisotopic (exact) mass is 256 g/mol. The summed E-state index contributed by atoms with van der Waals surface area (Å²) in [4.78, 5) is 12.4. The van der Waals surface area contributed by atoms with E-state index in [9.17, 15) is 4.79 Å². The summed E-state index contributed by atoms with van der Waals surface area (Å²) < 4.78 is 16.2. The van der Waals surface area contributed by atoms with Gasteiger partial charge >= 0.3 is 0 Å². The Morgan fingerprint density at radius 3 is 2.74 bits per heavy atom. The summed E-state index contributed by atoms with van der Waals surface area (Å²) in [6.07, 6.45) is 1.52. The van der Waals surface area contributed by atoms with Crippen LogP contribution in [0.25, 0.3) is 22.5 Å². The molecule has 0 amide bonds. The molecule has 0 saturated carbocycles. The van der Waals surface area contributed by atoms with Gasteiger partial charge in [-0.15, -0.1) is 0 Å². The van der Waals surface area contributed by atoms with Crippen molar-refractivity contribution >= 4 is 11.0 Å². The molecule has 0 bridgehead atoms. The Labute approximate surface area is 109 Å². The van der Waals surface area contributed by atoms with E-state index >= 15 is 0 Å². The minimum Gasteiger partial charge on any atom is -0.489 e. The molecule has 2 aromatic heterocycles. The summed E-state index contributed by atoms with van der Waals surface area (Å²) in [5.41, 5.74) is 1.31. The average Bonchev–Trinajstić information content (AvgIpc) is 2.93. The molecule has 0 atom stereocenters. The Kier molecular flexibility index (Phi) is 2.63. The normalized spacial score (nSPS) is 10.8. The largest absolute Gasteiger partial charge is 0.489 e. The van der Waals surface area contributed by atoms with Gasteiger partial charge in [-0.05, 0) is 31.2 Å². The Bertz CT molecular complexity index is 782. The Balaban J connectivity index is 2.41. The lowest BCUT2D eigenvalue weighted by Crippen LogP contribution is -2.07. The second-order valence-electron chi connectivity index (χ2n) is 4.27. The molecule has 2 heterocycles. The zero-order valence-corrected chi connectivity index (χ0v) is 10.6. The Morgan fingerprint density at radius 1 is 1.21 bits per heavy atom. The molecule has 96 valence electrons. The summed E-state index contributed by atoms with van der Waals surface area (Å²) in [5.74, 6) is 0.943. The first-order valence-electron chi connectivity index (χ1n) is 5.86. The van der Waals surface area contributed by atoms with Crippen molar-refractivity contribution in [2.75, 3.05) is 7.11 Å².